The number of nitrogens with two attached hydrogens (primary N) is 1. The molecule has 2 aliphatic carbocycles. The second-order valence-electron chi connectivity index (χ2n) is 6.71. The van der Waals surface area contributed by atoms with E-state index in [0.29, 0.717) is 6.54 Å². The van der Waals surface area contributed by atoms with E-state index in [1.807, 2.05) is 24.3 Å². The van der Waals surface area contributed by atoms with Gasteiger partial charge in [-0.3, -0.25) is 4.79 Å². The van der Waals surface area contributed by atoms with Gasteiger partial charge >= 0.3 is 0 Å². The molecule has 1 aromatic carbocycles. The van der Waals surface area contributed by atoms with Gasteiger partial charge in [-0.2, -0.15) is 0 Å². The highest BCUT2D eigenvalue weighted by molar-refractivity contribution is 5.92. The van der Waals surface area contributed by atoms with E-state index in [2.05, 4.69) is 5.32 Å². The monoisotopic (exact) mass is 286 g/mol. The summed E-state index contributed by atoms with van der Waals surface area (Å²) in [5, 5.41) is 3.09. The molecular formula is C18H26N2O. The van der Waals surface area contributed by atoms with Crippen LogP contribution in [0.3, 0.4) is 0 Å². The van der Waals surface area contributed by atoms with E-state index in [1.165, 1.54) is 32.1 Å². The molecule has 2 saturated carbocycles. The van der Waals surface area contributed by atoms with Gasteiger partial charge in [0.2, 0.25) is 5.91 Å². The minimum atomic E-state index is 0.200. The second-order valence-corrected chi connectivity index (χ2v) is 6.71. The lowest BCUT2D eigenvalue weighted by Crippen LogP contribution is -2.33. The summed E-state index contributed by atoms with van der Waals surface area (Å²) >= 11 is 0. The molecule has 0 heterocycles. The number of fused-ring (bicyclic) bond motifs is 1. The molecule has 0 spiro atoms. The number of carbonyl (C=O) groups excluding carboxylic acids is 1. The standard InChI is InChI=1S/C18H26N2O/c19-12-13-4-3-7-17(10-13)20-18(21)16-9-8-14-5-1-2-6-15(14)11-16/h3-4,7,10,14-16H,1-2,5-6,8-9,11-12,19H2,(H,20,21). The van der Waals surface area contributed by atoms with Crippen molar-refractivity contribution in [2.75, 3.05) is 5.32 Å². The van der Waals surface area contributed by atoms with Gasteiger partial charge in [0.15, 0.2) is 0 Å². The van der Waals surface area contributed by atoms with Crippen LogP contribution in [0.15, 0.2) is 24.3 Å². The molecule has 2 fully saturated rings. The molecule has 114 valence electrons. The molecular weight excluding hydrogens is 260 g/mol. The summed E-state index contributed by atoms with van der Waals surface area (Å²) in [7, 11) is 0. The van der Waals surface area contributed by atoms with Crippen molar-refractivity contribution >= 4 is 11.6 Å². The largest absolute Gasteiger partial charge is 0.326 e. The Morgan fingerprint density at radius 3 is 2.76 bits per heavy atom. The van der Waals surface area contributed by atoms with Crippen molar-refractivity contribution in [3.63, 3.8) is 0 Å². The summed E-state index contributed by atoms with van der Waals surface area (Å²) < 4.78 is 0. The number of hydrogen-bond acceptors (Lipinski definition) is 2. The average molecular weight is 286 g/mol. The first kappa shape index (κ1) is 14.6. The van der Waals surface area contributed by atoms with E-state index >= 15 is 0 Å². The Hall–Kier alpha value is -1.35. The summed E-state index contributed by atoms with van der Waals surface area (Å²) in [6.45, 7) is 0.511. The van der Waals surface area contributed by atoms with Gasteiger partial charge in [0.1, 0.15) is 0 Å². The molecule has 0 bridgehead atoms. The van der Waals surface area contributed by atoms with E-state index in [4.69, 9.17) is 5.73 Å². The van der Waals surface area contributed by atoms with Gasteiger partial charge in [-0.15, -0.1) is 0 Å². The molecule has 3 heteroatoms. The first-order valence-corrected chi connectivity index (χ1v) is 8.36. The fourth-order valence-electron chi connectivity index (χ4n) is 4.13. The number of anilines is 1. The van der Waals surface area contributed by atoms with Gasteiger partial charge in [-0.25, -0.2) is 0 Å². The maximum atomic E-state index is 12.5. The van der Waals surface area contributed by atoms with Gasteiger partial charge < -0.3 is 11.1 Å². The van der Waals surface area contributed by atoms with Crippen LogP contribution in [-0.4, -0.2) is 5.91 Å². The quantitative estimate of drug-likeness (QED) is 0.890. The second kappa shape index (κ2) is 6.61. The fourth-order valence-corrected chi connectivity index (χ4v) is 4.13. The molecule has 1 aromatic rings. The Balaban J connectivity index is 1.60. The van der Waals surface area contributed by atoms with Crippen molar-refractivity contribution in [1.29, 1.82) is 0 Å². The van der Waals surface area contributed by atoms with Gasteiger partial charge in [0.25, 0.3) is 0 Å². The Kier molecular flexibility index (Phi) is 4.59. The molecule has 3 nitrogen and oxygen atoms in total. The van der Waals surface area contributed by atoms with Crippen LogP contribution in [0.5, 0.6) is 0 Å². The number of hydrogen-bond donors (Lipinski definition) is 2. The lowest BCUT2D eigenvalue weighted by atomic mass is 9.67. The minimum Gasteiger partial charge on any atom is -0.326 e. The Bertz CT molecular complexity index is 500. The maximum Gasteiger partial charge on any atom is 0.227 e. The number of nitrogens with one attached hydrogen (secondary N) is 1. The Labute approximate surface area is 127 Å². The summed E-state index contributed by atoms with van der Waals surface area (Å²) in [5.74, 6) is 2.08. The van der Waals surface area contributed by atoms with E-state index in [-0.39, 0.29) is 11.8 Å². The van der Waals surface area contributed by atoms with Crippen LogP contribution in [0.2, 0.25) is 0 Å². The molecule has 0 aliphatic heterocycles. The number of amides is 1. The summed E-state index contributed by atoms with van der Waals surface area (Å²) in [5.41, 5.74) is 7.59. The average Bonchev–Trinajstić information content (AvgIpc) is 2.54. The topological polar surface area (TPSA) is 55.1 Å². The molecule has 21 heavy (non-hydrogen) atoms. The zero-order chi connectivity index (χ0) is 14.7. The molecule has 1 amide bonds. The minimum absolute atomic E-state index is 0.200. The molecule has 0 saturated heterocycles. The van der Waals surface area contributed by atoms with Crippen LogP contribution in [-0.2, 0) is 11.3 Å². The normalized spacial score (nSPS) is 28.7. The lowest BCUT2D eigenvalue weighted by molar-refractivity contribution is -0.122. The fraction of sp³-hybridized carbons (Fsp3) is 0.611. The highest BCUT2D eigenvalue weighted by atomic mass is 16.1. The zero-order valence-electron chi connectivity index (χ0n) is 12.7. The van der Waals surface area contributed by atoms with Crippen molar-refractivity contribution in [2.24, 2.45) is 23.5 Å². The van der Waals surface area contributed by atoms with Crippen LogP contribution in [0.4, 0.5) is 5.69 Å². The van der Waals surface area contributed by atoms with Gasteiger partial charge in [-0.05, 0) is 48.8 Å². The van der Waals surface area contributed by atoms with E-state index in [9.17, 15) is 4.79 Å². The highest BCUT2D eigenvalue weighted by Crippen LogP contribution is 2.42. The van der Waals surface area contributed by atoms with Crippen LogP contribution in [0.1, 0.15) is 50.5 Å². The maximum absolute atomic E-state index is 12.5. The van der Waals surface area contributed by atoms with Crippen LogP contribution in [0, 0.1) is 17.8 Å². The van der Waals surface area contributed by atoms with Crippen molar-refractivity contribution in [3.8, 4) is 0 Å². The van der Waals surface area contributed by atoms with E-state index < -0.39 is 0 Å². The summed E-state index contributed by atoms with van der Waals surface area (Å²) in [4.78, 5) is 12.5. The number of carbonyl (C=O) groups is 1. The van der Waals surface area contributed by atoms with Crippen molar-refractivity contribution in [3.05, 3.63) is 29.8 Å². The summed E-state index contributed by atoms with van der Waals surface area (Å²) in [6, 6.07) is 7.87. The van der Waals surface area contributed by atoms with Gasteiger partial charge in [0.05, 0.1) is 0 Å². The van der Waals surface area contributed by atoms with Crippen LogP contribution < -0.4 is 11.1 Å². The molecule has 0 radical (unpaired) electrons. The highest BCUT2D eigenvalue weighted by Gasteiger charge is 2.34. The predicted octanol–water partition coefficient (Wildman–Crippen LogP) is 3.69. The molecule has 3 N–H and O–H groups in total. The molecule has 3 atom stereocenters. The predicted molar refractivity (Wildman–Crippen MR) is 85.8 cm³/mol. The van der Waals surface area contributed by atoms with E-state index in [1.54, 1.807) is 0 Å². The molecule has 3 unspecified atom stereocenters. The smallest absolute Gasteiger partial charge is 0.227 e. The third-order valence-electron chi connectivity index (χ3n) is 5.34. The third-order valence-corrected chi connectivity index (χ3v) is 5.34. The van der Waals surface area contributed by atoms with Crippen molar-refractivity contribution in [2.45, 2.75) is 51.5 Å². The molecule has 2 aliphatic rings. The zero-order valence-corrected chi connectivity index (χ0v) is 12.7. The van der Waals surface area contributed by atoms with Gasteiger partial charge in [0, 0.05) is 18.2 Å². The SMILES string of the molecule is NCc1cccc(NC(=O)C2CCC3CCCCC3C2)c1. The Morgan fingerprint density at radius 1 is 1.14 bits per heavy atom. The van der Waals surface area contributed by atoms with Gasteiger partial charge in [-0.1, -0.05) is 37.8 Å². The number of rotatable bonds is 3. The van der Waals surface area contributed by atoms with Crippen LogP contribution in [0.25, 0.3) is 0 Å². The number of benzene rings is 1. The van der Waals surface area contributed by atoms with Crippen molar-refractivity contribution in [1.82, 2.24) is 0 Å². The summed E-state index contributed by atoms with van der Waals surface area (Å²) in [6.07, 6.45) is 8.86. The third kappa shape index (κ3) is 3.46. The van der Waals surface area contributed by atoms with Crippen molar-refractivity contribution < 1.29 is 4.79 Å². The first-order chi connectivity index (χ1) is 10.3. The first-order valence-electron chi connectivity index (χ1n) is 8.36. The molecule has 0 aromatic heterocycles. The molecule has 3 rings (SSSR count). The Morgan fingerprint density at radius 2 is 1.95 bits per heavy atom. The van der Waals surface area contributed by atoms with E-state index in [0.717, 1.165) is 35.9 Å². The van der Waals surface area contributed by atoms with Crippen LogP contribution >= 0.6 is 0 Å². The lowest BCUT2D eigenvalue weighted by Gasteiger charge is -2.38.